The highest BCUT2D eigenvalue weighted by molar-refractivity contribution is 7.19. The third kappa shape index (κ3) is 2.05. The zero-order valence-electron chi connectivity index (χ0n) is 13.2. The number of hydrogen-bond donors (Lipinski definition) is 1. The van der Waals surface area contributed by atoms with Gasteiger partial charge in [0.25, 0.3) is 5.78 Å². The SMILES string of the molecule is C[NH+]1CCc2c(sc3c2c(N2CCCCC2)nc2nnnn23)C1. The molecule has 120 valence electrons. The molecule has 3 aromatic rings. The molecule has 1 saturated heterocycles. The van der Waals surface area contributed by atoms with Crippen LogP contribution in [0.2, 0.25) is 0 Å². The van der Waals surface area contributed by atoms with Crippen molar-refractivity contribution in [3.63, 3.8) is 0 Å². The van der Waals surface area contributed by atoms with E-state index in [2.05, 4.69) is 27.5 Å². The molecule has 0 amide bonds. The lowest BCUT2D eigenvalue weighted by Gasteiger charge is -2.28. The van der Waals surface area contributed by atoms with Crippen LogP contribution in [-0.2, 0) is 13.0 Å². The summed E-state index contributed by atoms with van der Waals surface area (Å²) in [5.74, 6) is 1.73. The first-order valence-corrected chi connectivity index (χ1v) is 9.21. The van der Waals surface area contributed by atoms with Gasteiger partial charge in [0, 0.05) is 19.5 Å². The highest BCUT2D eigenvalue weighted by Gasteiger charge is 2.28. The van der Waals surface area contributed by atoms with Crippen LogP contribution in [0.4, 0.5) is 5.82 Å². The Balaban J connectivity index is 1.80. The van der Waals surface area contributed by atoms with E-state index in [1.807, 2.05) is 15.9 Å². The summed E-state index contributed by atoms with van der Waals surface area (Å²) >= 11 is 1.85. The lowest BCUT2D eigenvalue weighted by Crippen LogP contribution is -3.08. The average Bonchev–Trinajstić information content (AvgIpc) is 3.18. The third-order valence-electron chi connectivity index (χ3n) is 5.07. The number of nitrogens with one attached hydrogen (secondary N) is 1. The van der Waals surface area contributed by atoms with E-state index in [0.29, 0.717) is 5.78 Å². The van der Waals surface area contributed by atoms with Crippen LogP contribution >= 0.6 is 11.3 Å². The number of piperidine rings is 1. The van der Waals surface area contributed by atoms with E-state index in [1.165, 1.54) is 46.5 Å². The van der Waals surface area contributed by atoms with Gasteiger partial charge in [-0.2, -0.15) is 9.50 Å². The van der Waals surface area contributed by atoms with Gasteiger partial charge in [0.15, 0.2) is 0 Å². The molecule has 2 aliphatic heterocycles. The molecule has 23 heavy (non-hydrogen) atoms. The Morgan fingerprint density at radius 3 is 2.91 bits per heavy atom. The molecule has 2 aliphatic rings. The van der Waals surface area contributed by atoms with Crippen molar-refractivity contribution in [2.45, 2.75) is 32.2 Å². The van der Waals surface area contributed by atoms with E-state index >= 15 is 0 Å². The molecule has 7 nitrogen and oxygen atoms in total. The molecule has 0 spiro atoms. The topological polar surface area (TPSA) is 63.7 Å². The highest BCUT2D eigenvalue weighted by atomic mass is 32.1. The monoisotopic (exact) mass is 330 g/mol. The summed E-state index contributed by atoms with van der Waals surface area (Å²) in [5, 5.41) is 13.4. The fraction of sp³-hybridized carbons (Fsp3) is 0.600. The molecule has 0 radical (unpaired) electrons. The largest absolute Gasteiger partial charge is 0.356 e. The van der Waals surface area contributed by atoms with Crippen LogP contribution in [0.1, 0.15) is 29.7 Å². The minimum atomic E-state index is 0.623. The summed E-state index contributed by atoms with van der Waals surface area (Å²) in [6, 6.07) is 0. The van der Waals surface area contributed by atoms with Gasteiger partial charge in [-0.05, 0) is 35.3 Å². The molecular weight excluding hydrogens is 310 g/mol. The number of anilines is 1. The van der Waals surface area contributed by atoms with Crippen molar-refractivity contribution < 1.29 is 4.90 Å². The van der Waals surface area contributed by atoms with Crippen molar-refractivity contribution in [1.82, 2.24) is 25.0 Å². The Kier molecular flexibility index (Phi) is 3.02. The molecule has 8 heteroatoms. The number of tetrazole rings is 1. The first-order chi connectivity index (χ1) is 11.3. The molecule has 3 aromatic heterocycles. The average molecular weight is 330 g/mol. The standard InChI is InChI=1S/C15H19N7S/c1-20-8-5-10-11(9-20)23-14-12(10)13(21-6-3-2-4-7-21)16-15-17-18-19-22(14)15/h2-9H2,1H3/p+1. The van der Waals surface area contributed by atoms with Crippen LogP contribution in [0, 0.1) is 0 Å². The minimum absolute atomic E-state index is 0.623. The van der Waals surface area contributed by atoms with Crippen LogP contribution in [0.3, 0.4) is 0 Å². The van der Waals surface area contributed by atoms with Gasteiger partial charge in [-0.1, -0.05) is 5.10 Å². The predicted molar refractivity (Wildman–Crippen MR) is 89.2 cm³/mol. The van der Waals surface area contributed by atoms with Crippen molar-refractivity contribution in [2.75, 3.05) is 31.6 Å². The Hall–Kier alpha value is -1.80. The van der Waals surface area contributed by atoms with Gasteiger partial charge in [0.2, 0.25) is 0 Å². The molecule has 0 bridgehead atoms. The lowest BCUT2D eigenvalue weighted by molar-refractivity contribution is -0.895. The van der Waals surface area contributed by atoms with Gasteiger partial charge in [-0.15, -0.1) is 11.3 Å². The van der Waals surface area contributed by atoms with Gasteiger partial charge in [0.05, 0.1) is 23.9 Å². The molecule has 5 heterocycles. The number of rotatable bonds is 1. The summed E-state index contributed by atoms with van der Waals surface area (Å²) in [6.45, 7) is 4.47. The second-order valence-electron chi connectivity index (χ2n) is 6.69. The maximum atomic E-state index is 4.84. The number of hydrogen-bond acceptors (Lipinski definition) is 6. The van der Waals surface area contributed by atoms with Crippen LogP contribution in [0.5, 0.6) is 0 Å². The molecule has 5 rings (SSSR count). The molecule has 0 aliphatic carbocycles. The van der Waals surface area contributed by atoms with Crippen LogP contribution in [0.15, 0.2) is 0 Å². The fourth-order valence-corrected chi connectivity index (χ4v) is 5.25. The Bertz CT molecular complexity index is 877. The third-order valence-corrected chi connectivity index (χ3v) is 6.27. The van der Waals surface area contributed by atoms with Crippen molar-refractivity contribution >= 4 is 33.1 Å². The van der Waals surface area contributed by atoms with Crippen LogP contribution in [-0.4, -0.2) is 51.7 Å². The van der Waals surface area contributed by atoms with E-state index in [0.717, 1.165) is 31.9 Å². The molecule has 0 saturated carbocycles. The fourth-order valence-electron chi connectivity index (χ4n) is 3.85. The molecule has 1 N–H and O–H groups in total. The maximum Gasteiger partial charge on any atom is 0.276 e. The smallest absolute Gasteiger partial charge is 0.276 e. The van der Waals surface area contributed by atoms with Gasteiger partial charge >= 0.3 is 0 Å². The van der Waals surface area contributed by atoms with E-state index < -0.39 is 0 Å². The number of thiophene rings is 1. The Morgan fingerprint density at radius 1 is 1.17 bits per heavy atom. The molecule has 0 aromatic carbocycles. The number of aromatic nitrogens is 5. The molecule has 1 unspecified atom stereocenters. The van der Waals surface area contributed by atoms with E-state index in [4.69, 9.17) is 4.98 Å². The van der Waals surface area contributed by atoms with Gasteiger partial charge in [-0.25, -0.2) is 0 Å². The molecular formula is C15H20N7S+. The highest BCUT2D eigenvalue weighted by Crippen LogP contribution is 2.38. The summed E-state index contributed by atoms with van der Waals surface area (Å²) in [4.78, 5) is 11.5. The van der Waals surface area contributed by atoms with Crippen LogP contribution in [0.25, 0.3) is 16.0 Å². The Labute approximate surface area is 137 Å². The van der Waals surface area contributed by atoms with Gasteiger partial charge in [-0.3, -0.25) is 0 Å². The van der Waals surface area contributed by atoms with Crippen molar-refractivity contribution in [1.29, 1.82) is 0 Å². The summed E-state index contributed by atoms with van der Waals surface area (Å²) in [5.41, 5.74) is 1.49. The van der Waals surface area contributed by atoms with Crippen molar-refractivity contribution in [2.24, 2.45) is 0 Å². The predicted octanol–water partition coefficient (Wildman–Crippen LogP) is 0.295. The van der Waals surface area contributed by atoms with E-state index in [9.17, 15) is 0 Å². The van der Waals surface area contributed by atoms with E-state index in [1.54, 1.807) is 4.90 Å². The maximum absolute atomic E-state index is 4.84. The summed E-state index contributed by atoms with van der Waals surface area (Å²) < 4.78 is 1.82. The number of nitrogens with zero attached hydrogens (tertiary/aromatic N) is 6. The van der Waals surface area contributed by atoms with Gasteiger partial charge < -0.3 is 9.80 Å². The van der Waals surface area contributed by atoms with Crippen LogP contribution < -0.4 is 9.80 Å². The normalized spacial score (nSPS) is 22.0. The summed E-state index contributed by atoms with van der Waals surface area (Å²) in [7, 11) is 2.27. The summed E-state index contributed by atoms with van der Waals surface area (Å²) in [6.07, 6.45) is 4.94. The van der Waals surface area contributed by atoms with Gasteiger partial charge in [0.1, 0.15) is 17.2 Å². The molecule has 1 atom stereocenters. The first kappa shape index (κ1) is 13.6. The van der Waals surface area contributed by atoms with Crippen molar-refractivity contribution in [3.8, 4) is 0 Å². The minimum Gasteiger partial charge on any atom is -0.356 e. The van der Waals surface area contributed by atoms with E-state index in [-0.39, 0.29) is 0 Å². The quantitative estimate of drug-likeness (QED) is 0.695. The second-order valence-corrected chi connectivity index (χ2v) is 7.78. The molecule has 1 fully saturated rings. The number of quaternary nitrogens is 1. The lowest BCUT2D eigenvalue weighted by atomic mass is 10.0. The zero-order valence-corrected chi connectivity index (χ0v) is 14.1. The number of likely N-dealkylation sites (N-methyl/N-ethyl adjacent to an activating group) is 1. The zero-order chi connectivity index (χ0) is 15.4. The first-order valence-electron chi connectivity index (χ1n) is 8.40. The number of fused-ring (bicyclic) bond motifs is 5. The van der Waals surface area contributed by atoms with Crippen molar-refractivity contribution in [3.05, 3.63) is 10.4 Å². The second kappa shape index (κ2) is 5.10. The Morgan fingerprint density at radius 2 is 2.04 bits per heavy atom.